The number of furan rings is 1. The van der Waals surface area contributed by atoms with Gasteiger partial charge in [-0.25, -0.2) is 0 Å². The molecule has 0 aliphatic rings. The maximum Gasteiger partial charge on any atom is 0.143 e. The summed E-state index contributed by atoms with van der Waals surface area (Å²) in [6, 6.07) is 9.97. The quantitative estimate of drug-likeness (QED) is 0.195. The van der Waals surface area contributed by atoms with E-state index in [1.807, 2.05) is 0 Å². The monoisotopic (exact) mass is 562 g/mol. The largest absolute Gasteiger partial charge is 0.455 e. The average molecular weight is 563 g/mol. The van der Waals surface area contributed by atoms with E-state index in [0.29, 0.717) is 49.4 Å². The summed E-state index contributed by atoms with van der Waals surface area (Å²) in [5.41, 5.74) is 1.90. The van der Waals surface area contributed by atoms with Crippen molar-refractivity contribution in [2.75, 3.05) is 0 Å². The predicted molar refractivity (Wildman–Crippen MR) is 183 cm³/mol. The van der Waals surface area contributed by atoms with Crippen LogP contribution < -0.4 is 0 Å². The number of hydrogen-bond acceptors (Lipinski definition) is 1. The fourth-order valence-corrected chi connectivity index (χ4v) is 5.94. The third kappa shape index (κ3) is 3.65. The molecule has 0 atom stereocenters. The molecule has 9 rings (SSSR count). The van der Waals surface area contributed by atoms with Gasteiger partial charge in [0.25, 0.3) is 0 Å². The zero-order valence-corrected chi connectivity index (χ0v) is 22.2. The number of rotatable bonds is 3. The standard InChI is InChI=1S/C42H26O/c1-2-13-30-27(11-1)12-9-20-33(30)41-36-17-5-3-15-34(36)40(35-16-4-6-18-37(35)41)29-25-23-28(24-26-29)31-19-10-21-38-32-14-7-8-22-39(32)43-42(31)38/h1-26H/i1D,2D,3D,4D,5D,6D,7D,8D,9D,10D,11D,12D,14D,19D,21D,22D. The molecule has 0 saturated carbocycles. The second-order valence-electron chi connectivity index (χ2n) is 10.1. The van der Waals surface area contributed by atoms with Crippen molar-refractivity contribution in [3.63, 3.8) is 0 Å². The zero-order valence-electron chi connectivity index (χ0n) is 38.2. The van der Waals surface area contributed by atoms with Crippen molar-refractivity contribution in [2.45, 2.75) is 0 Å². The molecule has 0 bridgehead atoms. The van der Waals surface area contributed by atoms with Crippen molar-refractivity contribution >= 4 is 54.3 Å². The molecule has 0 amide bonds. The molecule has 0 spiro atoms. The Bertz CT molecular complexity index is 3320. The number of para-hydroxylation sites is 2. The van der Waals surface area contributed by atoms with Crippen LogP contribution in [0, 0.1) is 0 Å². The molecule has 1 nitrogen and oxygen atoms in total. The van der Waals surface area contributed by atoms with Gasteiger partial charge in [-0.15, -0.1) is 0 Å². The van der Waals surface area contributed by atoms with Crippen LogP contribution in [0.1, 0.15) is 21.9 Å². The first-order valence-electron chi connectivity index (χ1n) is 21.4. The van der Waals surface area contributed by atoms with E-state index in [4.69, 9.17) is 26.3 Å². The first-order valence-corrected chi connectivity index (χ1v) is 13.4. The topological polar surface area (TPSA) is 13.1 Å². The first kappa shape index (κ1) is 13.1. The summed E-state index contributed by atoms with van der Waals surface area (Å²) >= 11 is 0. The summed E-state index contributed by atoms with van der Waals surface area (Å²) in [7, 11) is 0. The highest BCUT2D eigenvalue weighted by atomic mass is 16.3. The molecular formula is C42H26O. The van der Waals surface area contributed by atoms with Gasteiger partial charge >= 0.3 is 0 Å². The molecule has 1 heteroatoms. The van der Waals surface area contributed by atoms with Crippen LogP contribution >= 0.6 is 0 Å². The van der Waals surface area contributed by atoms with Crippen LogP contribution in [-0.4, -0.2) is 0 Å². The van der Waals surface area contributed by atoms with Gasteiger partial charge in [0.05, 0.1) is 21.9 Å². The third-order valence-corrected chi connectivity index (χ3v) is 7.81. The van der Waals surface area contributed by atoms with E-state index >= 15 is 0 Å². The van der Waals surface area contributed by atoms with E-state index < -0.39 is 48.3 Å². The normalized spacial score (nSPS) is 16.9. The molecule has 0 fully saturated rings. The Balaban J connectivity index is 1.36. The van der Waals surface area contributed by atoms with Gasteiger partial charge < -0.3 is 4.42 Å². The minimum atomic E-state index is -0.533. The summed E-state index contributed by atoms with van der Waals surface area (Å²) in [6.45, 7) is 0. The molecule has 8 aromatic carbocycles. The molecular weight excluding hydrogens is 520 g/mol. The number of hydrogen-bond donors (Lipinski definition) is 0. The van der Waals surface area contributed by atoms with Crippen LogP contribution in [0.2, 0.25) is 0 Å². The molecule has 1 heterocycles. The molecule has 43 heavy (non-hydrogen) atoms. The lowest BCUT2D eigenvalue weighted by Gasteiger charge is -2.19. The Morgan fingerprint density at radius 1 is 0.372 bits per heavy atom. The van der Waals surface area contributed by atoms with Crippen LogP contribution in [-0.2, 0) is 0 Å². The van der Waals surface area contributed by atoms with Crippen molar-refractivity contribution in [1.82, 2.24) is 0 Å². The van der Waals surface area contributed by atoms with Crippen LogP contribution in [0.15, 0.2) is 162 Å². The maximum atomic E-state index is 8.90. The Hall–Kier alpha value is -5.66. The Morgan fingerprint density at radius 2 is 0.953 bits per heavy atom. The molecule has 200 valence electrons. The average Bonchev–Trinajstić information content (AvgIpc) is 3.60. The lowest BCUT2D eigenvalue weighted by molar-refractivity contribution is 0.670. The first-order chi connectivity index (χ1) is 27.9. The van der Waals surface area contributed by atoms with Gasteiger partial charge in [-0.3, -0.25) is 0 Å². The van der Waals surface area contributed by atoms with Crippen LogP contribution in [0.25, 0.3) is 87.6 Å². The van der Waals surface area contributed by atoms with Crippen LogP contribution in [0.5, 0.6) is 0 Å². The SMILES string of the molecule is [2H]c1cc2c(-c3ccc(-c4c([2H])c([2H])c([2H])c5c4oc4c([2H])c([2H])c([2H])c([2H])c45)cc3)c3cc([2H])c([2H])cc3c(-c3cc([2H])c([2H])c4c([2H])c([2H])c([2H])cc34)c2cc1[2H]. The van der Waals surface area contributed by atoms with E-state index in [1.165, 1.54) is 36.4 Å². The van der Waals surface area contributed by atoms with Crippen molar-refractivity contribution in [2.24, 2.45) is 0 Å². The molecule has 0 unspecified atom stereocenters. The lowest BCUT2D eigenvalue weighted by Crippen LogP contribution is -1.91. The van der Waals surface area contributed by atoms with Crippen molar-refractivity contribution in [3.8, 4) is 33.4 Å². The van der Waals surface area contributed by atoms with E-state index in [2.05, 4.69) is 0 Å². The molecule has 0 radical (unpaired) electrons. The molecule has 9 aromatic rings. The van der Waals surface area contributed by atoms with Gasteiger partial charge in [-0.2, -0.15) is 0 Å². The second-order valence-corrected chi connectivity index (χ2v) is 10.1. The Morgan fingerprint density at radius 3 is 1.72 bits per heavy atom. The van der Waals surface area contributed by atoms with Crippen LogP contribution in [0.4, 0.5) is 0 Å². The minimum Gasteiger partial charge on any atom is -0.455 e. The summed E-state index contributed by atoms with van der Waals surface area (Å²) in [6.07, 6.45) is 0. The zero-order chi connectivity index (χ0) is 42.3. The molecule has 0 aliphatic heterocycles. The Kier molecular flexibility index (Phi) is 2.88. The van der Waals surface area contributed by atoms with Gasteiger partial charge in [0.2, 0.25) is 0 Å². The molecule has 1 aromatic heterocycles. The summed E-state index contributed by atoms with van der Waals surface area (Å²) in [5, 5.41) is 1.83. The smallest absolute Gasteiger partial charge is 0.143 e. The maximum absolute atomic E-state index is 8.90. The highest BCUT2D eigenvalue weighted by molar-refractivity contribution is 6.23. The van der Waals surface area contributed by atoms with Gasteiger partial charge in [0, 0.05) is 16.3 Å². The number of fused-ring (bicyclic) bond motifs is 6. The second kappa shape index (κ2) is 9.44. The van der Waals surface area contributed by atoms with Gasteiger partial charge in [0.15, 0.2) is 0 Å². The summed E-state index contributed by atoms with van der Waals surface area (Å²) in [4.78, 5) is 0. The summed E-state index contributed by atoms with van der Waals surface area (Å²) in [5.74, 6) is 0. The fraction of sp³-hybridized carbons (Fsp3) is 0. The molecule has 0 N–H and O–H groups in total. The fourth-order valence-electron chi connectivity index (χ4n) is 5.94. The lowest BCUT2D eigenvalue weighted by atomic mass is 9.84. The van der Waals surface area contributed by atoms with Crippen LogP contribution in [0.3, 0.4) is 0 Å². The van der Waals surface area contributed by atoms with Gasteiger partial charge in [0.1, 0.15) is 11.2 Å². The minimum absolute atomic E-state index is 0.0133. The van der Waals surface area contributed by atoms with E-state index in [9.17, 15) is 0 Å². The van der Waals surface area contributed by atoms with E-state index in [1.54, 1.807) is 24.3 Å². The van der Waals surface area contributed by atoms with E-state index in [0.717, 1.165) is 0 Å². The van der Waals surface area contributed by atoms with Gasteiger partial charge in [-0.1, -0.05) is 151 Å². The third-order valence-electron chi connectivity index (χ3n) is 7.81. The highest BCUT2D eigenvalue weighted by Crippen LogP contribution is 2.45. The summed E-state index contributed by atoms with van der Waals surface area (Å²) < 4.78 is 143. The highest BCUT2D eigenvalue weighted by Gasteiger charge is 2.18. The van der Waals surface area contributed by atoms with Crippen molar-refractivity contribution in [3.05, 3.63) is 157 Å². The predicted octanol–water partition coefficient (Wildman–Crippen LogP) is 12.0. The Labute approximate surface area is 271 Å². The van der Waals surface area contributed by atoms with Crippen molar-refractivity contribution < 1.29 is 26.3 Å². The molecule has 0 saturated heterocycles. The van der Waals surface area contributed by atoms with Gasteiger partial charge in [-0.05, 0) is 66.2 Å². The number of benzene rings is 8. The molecule has 0 aliphatic carbocycles. The van der Waals surface area contributed by atoms with Crippen molar-refractivity contribution in [1.29, 1.82) is 0 Å². The van der Waals surface area contributed by atoms with E-state index in [-0.39, 0.29) is 86.6 Å².